The molecule has 0 radical (unpaired) electrons. The first-order valence-corrected chi connectivity index (χ1v) is 13.0. The van der Waals surface area contributed by atoms with E-state index < -0.39 is 63.1 Å². The molecule has 3 amide bonds. The summed E-state index contributed by atoms with van der Waals surface area (Å²) in [4.78, 5) is 37.0. The zero-order chi connectivity index (χ0) is 30.4. The molecule has 216 valence electrons. The van der Waals surface area contributed by atoms with Gasteiger partial charge in [0.05, 0.1) is 32.2 Å². The Morgan fingerprint density at radius 2 is 1.46 bits per heavy atom. The van der Waals surface area contributed by atoms with Crippen molar-refractivity contribution in [3.63, 3.8) is 0 Å². The van der Waals surface area contributed by atoms with E-state index in [4.69, 9.17) is 58.0 Å². The fourth-order valence-corrected chi connectivity index (χ4v) is 5.25. The highest BCUT2D eigenvalue weighted by atomic mass is 35.5. The van der Waals surface area contributed by atoms with Crippen molar-refractivity contribution < 1.29 is 36.3 Å². The van der Waals surface area contributed by atoms with Crippen LogP contribution in [0, 0.1) is 17.6 Å². The Hall–Kier alpha value is -2.83. The monoisotopic (exact) mass is 673 g/mol. The van der Waals surface area contributed by atoms with Crippen LogP contribution in [0.1, 0.15) is 21.8 Å². The SMILES string of the molecule is O=C(Nc1ccc(F)c(NC(=O)C(F)(F)F)c1F)c1cc(NC(=O)[C@H]2C(c3ccc(Cl)c(Cl)c3)C2(Cl)Cl)ccc1Cl. The number of carbonyl (C=O) groups excluding carboxylic acids is 3. The first kappa shape index (κ1) is 31.1. The lowest BCUT2D eigenvalue weighted by Crippen LogP contribution is -2.31. The quantitative estimate of drug-likeness (QED) is 0.182. The number of hydrogen-bond donors (Lipinski definition) is 3. The van der Waals surface area contributed by atoms with Gasteiger partial charge in [-0.1, -0.05) is 40.9 Å². The second-order valence-corrected chi connectivity index (χ2v) is 11.3. The van der Waals surface area contributed by atoms with Gasteiger partial charge in [-0.15, -0.1) is 23.2 Å². The predicted molar refractivity (Wildman–Crippen MR) is 146 cm³/mol. The molecule has 2 atom stereocenters. The number of anilines is 3. The van der Waals surface area contributed by atoms with Gasteiger partial charge in [-0.2, -0.15) is 13.2 Å². The van der Waals surface area contributed by atoms with Gasteiger partial charge in [0.25, 0.3) is 5.91 Å². The third-order valence-corrected chi connectivity index (χ3v) is 7.96. The van der Waals surface area contributed by atoms with Gasteiger partial charge in [0.2, 0.25) is 5.91 Å². The maximum absolute atomic E-state index is 14.7. The van der Waals surface area contributed by atoms with E-state index >= 15 is 0 Å². The molecule has 0 bridgehead atoms. The molecule has 3 aromatic carbocycles. The Labute approximate surface area is 253 Å². The van der Waals surface area contributed by atoms with Gasteiger partial charge < -0.3 is 16.0 Å². The van der Waals surface area contributed by atoms with Crippen molar-refractivity contribution in [1.82, 2.24) is 0 Å². The summed E-state index contributed by atoms with van der Waals surface area (Å²) >= 11 is 30.8. The van der Waals surface area contributed by atoms with Crippen LogP contribution in [-0.4, -0.2) is 28.2 Å². The van der Waals surface area contributed by atoms with E-state index in [0.717, 1.165) is 17.4 Å². The summed E-state index contributed by atoms with van der Waals surface area (Å²) < 4.78 is 64.8. The van der Waals surface area contributed by atoms with E-state index in [1.807, 2.05) is 5.32 Å². The molecule has 3 aromatic rings. The van der Waals surface area contributed by atoms with Crippen LogP contribution in [0.3, 0.4) is 0 Å². The lowest BCUT2D eigenvalue weighted by molar-refractivity contribution is -0.167. The van der Waals surface area contributed by atoms with E-state index in [-0.39, 0.29) is 21.3 Å². The molecule has 1 fully saturated rings. The van der Waals surface area contributed by atoms with Crippen LogP contribution in [0.5, 0.6) is 0 Å². The van der Waals surface area contributed by atoms with Crippen molar-refractivity contribution in [1.29, 1.82) is 0 Å². The summed E-state index contributed by atoms with van der Waals surface area (Å²) in [6.07, 6.45) is -5.43. The molecule has 0 aromatic heterocycles. The van der Waals surface area contributed by atoms with E-state index in [2.05, 4.69) is 5.32 Å². The summed E-state index contributed by atoms with van der Waals surface area (Å²) in [7, 11) is 0. The third-order valence-electron chi connectivity index (χ3n) is 5.95. The number of alkyl halides is 5. The molecule has 6 nitrogen and oxygen atoms in total. The number of benzene rings is 3. The van der Waals surface area contributed by atoms with Crippen molar-refractivity contribution in [2.24, 2.45) is 5.92 Å². The molecule has 1 aliphatic carbocycles. The van der Waals surface area contributed by atoms with E-state index in [1.54, 1.807) is 6.07 Å². The van der Waals surface area contributed by atoms with Crippen LogP contribution in [0.25, 0.3) is 0 Å². The van der Waals surface area contributed by atoms with E-state index in [9.17, 15) is 36.3 Å². The second-order valence-electron chi connectivity index (χ2n) is 8.68. The van der Waals surface area contributed by atoms with Crippen molar-refractivity contribution >= 4 is 92.8 Å². The molecule has 3 N–H and O–H groups in total. The number of carbonyl (C=O) groups is 3. The Morgan fingerprint density at radius 3 is 2.10 bits per heavy atom. The van der Waals surface area contributed by atoms with Crippen LogP contribution in [0.2, 0.25) is 15.1 Å². The van der Waals surface area contributed by atoms with Crippen LogP contribution < -0.4 is 16.0 Å². The van der Waals surface area contributed by atoms with Crippen LogP contribution in [0.15, 0.2) is 48.5 Å². The highest BCUT2D eigenvalue weighted by Gasteiger charge is 2.67. The fraction of sp³-hybridized carbons (Fsp3) is 0.160. The summed E-state index contributed by atoms with van der Waals surface area (Å²) in [5.41, 5.74) is -1.87. The molecule has 1 unspecified atom stereocenters. The van der Waals surface area contributed by atoms with Gasteiger partial charge in [0, 0.05) is 11.6 Å². The minimum atomic E-state index is -5.43. The number of rotatable bonds is 6. The molecule has 0 heterocycles. The molecule has 4 rings (SSSR count). The van der Waals surface area contributed by atoms with Gasteiger partial charge in [-0.25, -0.2) is 8.78 Å². The summed E-state index contributed by atoms with van der Waals surface area (Å²) in [5.74, 6) is -9.07. The van der Waals surface area contributed by atoms with E-state index in [1.165, 1.54) is 24.3 Å². The van der Waals surface area contributed by atoms with Crippen molar-refractivity contribution in [3.05, 3.63) is 86.4 Å². The van der Waals surface area contributed by atoms with Crippen LogP contribution in [0.4, 0.5) is 39.0 Å². The number of halogens is 10. The molecule has 16 heteroatoms. The molecule has 0 aliphatic heterocycles. The topological polar surface area (TPSA) is 87.3 Å². The molecule has 1 saturated carbocycles. The molecular formula is C25H13Cl5F5N3O3. The van der Waals surface area contributed by atoms with Gasteiger partial charge >= 0.3 is 12.1 Å². The highest BCUT2D eigenvalue weighted by molar-refractivity contribution is 6.53. The van der Waals surface area contributed by atoms with Gasteiger partial charge in [0.15, 0.2) is 5.82 Å². The maximum atomic E-state index is 14.7. The third kappa shape index (κ3) is 6.49. The largest absolute Gasteiger partial charge is 0.471 e. The van der Waals surface area contributed by atoms with Gasteiger partial charge in [-0.3, -0.25) is 14.4 Å². The molecule has 41 heavy (non-hydrogen) atoms. The summed E-state index contributed by atoms with van der Waals surface area (Å²) in [6.45, 7) is 0. The average Bonchev–Trinajstić information content (AvgIpc) is 3.47. The maximum Gasteiger partial charge on any atom is 0.471 e. The lowest BCUT2D eigenvalue weighted by atomic mass is 10.1. The fourth-order valence-electron chi connectivity index (χ4n) is 3.91. The van der Waals surface area contributed by atoms with Gasteiger partial charge in [0.1, 0.15) is 15.8 Å². The minimum Gasteiger partial charge on any atom is -0.326 e. The van der Waals surface area contributed by atoms with E-state index in [0.29, 0.717) is 16.7 Å². The Bertz CT molecular complexity index is 1590. The van der Waals surface area contributed by atoms with Crippen molar-refractivity contribution in [3.8, 4) is 0 Å². The van der Waals surface area contributed by atoms with Crippen molar-refractivity contribution in [2.45, 2.75) is 16.4 Å². The standard InChI is InChI=1S/C25H13Cl5F5N3O3/c26-12-4-2-10(36-22(40)18-17(24(18,29)30)9-1-3-13(27)14(28)7-9)8-11(12)21(39)37-16-6-5-15(31)20(19(16)32)38-23(41)25(33,34)35/h1-8,17-18H,(H,36,40)(H,37,39)(H,38,41)/t17?,18-/m1/s1. The number of nitrogens with one attached hydrogen (secondary N) is 3. The van der Waals surface area contributed by atoms with Crippen molar-refractivity contribution in [2.75, 3.05) is 16.0 Å². The summed E-state index contributed by atoms with van der Waals surface area (Å²) in [6, 6.07) is 9.64. The van der Waals surface area contributed by atoms with Gasteiger partial charge in [-0.05, 0) is 48.0 Å². The molecule has 0 saturated heterocycles. The first-order chi connectivity index (χ1) is 19.0. The van der Waals surface area contributed by atoms with Crippen LogP contribution >= 0.6 is 58.0 Å². The zero-order valence-electron chi connectivity index (χ0n) is 19.8. The first-order valence-electron chi connectivity index (χ1n) is 11.1. The smallest absolute Gasteiger partial charge is 0.326 e. The number of amides is 3. The minimum absolute atomic E-state index is 0.0613. The Morgan fingerprint density at radius 1 is 0.805 bits per heavy atom. The Kier molecular flexibility index (Phi) is 8.69. The van der Waals surface area contributed by atoms with Crippen LogP contribution in [-0.2, 0) is 9.59 Å². The molecule has 1 aliphatic rings. The number of hydrogen-bond acceptors (Lipinski definition) is 3. The normalized spacial score (nSPS) is 17.5. The summed E-state index contributed by atoms with van der Waals surface area (Å²) in [5, 5.41) is 6.05. The Balaban J connectivity index is 1.52. The molecular weight excluding hydrogens is 663 g/mol. The average molecular weight is 676 g/mol. The zero-order valence-corrected chi connectivity index (χ0v) is 23.6. The lowest BCUT2D eigenvalue weighted by Gasteiger charge is -2.14. The molecule has 0 spiro atoms. The highest BCUT2D eigenvalue weighted by Crippen LogP contribution is 2.65. The second kappa shape index (κ2) is 11.4. The predicted octanol–water partition coefficient (Wildman–Crippen LogP) is 8.20.